The van der Waals surface area contributed by atoms with E-state index in [0.29, 0.717) is 17.5 Å². The molecule has 1 atom stereocenters. The number of ketones is 1. The zero-order chi connectivity index (χ0) is 18.8. The highest BCUT2D eigenvalue weighted by molar-refractivity contribution is 5.98. The highest BCUT2D eigenvalue weighted by Crippen LogP contribution is 2.31. The van der Waals surface area contributed by atoms with Crippen molar-refractivity contribution in [3.63, 3.8) is 0 Å². The number of hydrogen-bond acceptors (Lipinski definition) is 5. The minimum atomic E-state index is -0.987. The Morgan fingerprint density at radius 2 is 1.81 bits per heavy atom. The SMILES string of the molecule is O=C1C=C(c2ccc(CC(=O)OC3OC(=O)c4ccccc43)cc2)CCC1. The fraction of sp³-hybridized carbons (Fsp3) is 0.227. The molecule has 0 bridgehead atoms. The van der Waals surface area contributed by atoms with Crippen molar-refractivity contribution in [1.29, 1.82) is 0 Å². The smallest absolute Gasteiger partial charge is 0.342 e. The second kappa shape index (κ2) is 7.19. The van der Waals surface area contributed by atoms with Crippen molar-refractivity contribution in [3.8, 4) is 0 Å². The molecular formula is C22H18O5. The van der Waals surface area contributed by atoms with Gasteiger partial charge >= 0.3 is 11.9 Å². The predicted molar refractivity (Wildman–Crippen MR) is 97.7 cm³/mol. The van der Waals surface area contributed by atoms with Gasteiger partial charge in [-0.2, -0.15) is 0 Å². The summed E-state index contributed by atoms with van der Waals surface area (Å²) in [6.07, 6.45) is 3.17. The fourth-order valence-corrected chi connectivity index (χ4v) is 3.38. The topological polar surface area (TPSA) is 69.7 Å². The number of ether oxygens (including phenoxy) is 2. The number of hydrogen-bond donors (Lipinski definition) is 0. The van der Waals surface area contributed by atoms with E-state index in [4.69, 9.17) is 9.47 Å². The first-order valence-corrected chi connectivity index (χ1v) is 8.92. The predicted octanol–water partition coefficient (Wildman–Crippen LogP) is 3.78. The average molecular weight is 362 g/mol. The summed E-state index contributed by atoms with van der Waals surface area (Å²) in [5, 5.41) is 0. The van der Waals surface area contributed by atoms with Crippen molar-refractivity contribution < 1.29 is 23.9 Å². The molecule has 4 rings (SSSR count). The number of esters is 2. The highest BCUT2D eigenvalue weighted by Gasteiger charge is 2.33. The molecule has 0 radical (unpaired) electrons. The molecule has 1 unspecified atom stereocenters. The van der Waals surface area contributed by atoms with Crippen LogP contribution in [-0.4, -0.2) is 17.7 Å². The molecule has 0 amide bonds. The molecule has 2 aromatic rings. The Morgan fingerprint density at radius 1 is 1.04 bits per heavy atom. The summed E-state index contributed by atoms with van der Waals surface area (Å²) in [6.45, 7) is 0. The molecular weight excluding hydrogens is 344 g/mol. The van der Waals surface area contributed by atoms with Crippen molar-refractivity contribution in [2.24, 2.45) is 0 Å². The third kappa shape index (κ3) is 3.67. The molecule has 0 aromatic heterocycles. The van der Waals surface area contributed by atoms with Gasteiger partial charge in [0.05, 0.1) is 12.0 Å². The Labute approximate surface area is 156 Å². The minimum absolute atomic E-state index is 0.0779. The molecule has 0 fully saturated rings. The summed E-state index contributed by atoms with van der Waals surface area (Å²) < 4.78 is 10.5. The van der Waals surface area contributed by atoms with Crippen LogP contribution in [0.15, 0.2) is 54.6 Å². The molecule has 0 saturated carbocycles. The number of carbonyl (C=O) groups excluding carboxylic acids is 3. The van der Waals surface area contributed by atoms with Crippen LogP contribution >= 0.6 is 0 Å². The van der Waals surface area contributed by atoms with Crippen LogP contribution in [0, 0.1) is 0 Å². The fourth-order valence-electron chi connectivity index (χ4n) is 3.38. The summed E-state index contributed by atoms with van der Waals surface area (Å²) in [6, 6.07) is 14.4. The van der Waals surface area contributed by atoms with E-state index in [1.807, 2.05) is 24.3 Å². The summed E-state index contributed by atoms with van der Waals surface area (Å²) >= 11 is 0. The molecule has 0 N–H and O–H groups in total. The molecule has 136 valence electrons. The maximum Gasteiger partial charge on any atom is 0.342 e. The van der Waals surface area contributed by atoms with Crippen LogP contribution in [0.3, 0.4) is 0 Å². The lowest BCUT2D eigenvalue weighted by atomic mass is 9.92. The van der Waals surface area contributed by atoms with E-state index in [-0.39, 0.29) is 12.2 Å². The van der Waals surface area contributed by atoms with Crippen molar-refractivity contribution in [2.75, 3.05) is 0 Å². The lowest BCUT2D eigenvalue weighted by molar-refractivity contribution is -0.166. The maximum absolute atomic E-state index is 12.2. The zero-order valence-electron chi connectivity index (χ0n) is 14.6. The number of cyclic esters (lactones) is 1. The quantitative estimate of drug-likeness (QED) is 0.774. The van der Waals surface area contributed by atoms with Crippen molar-refractivity contribution >= 4 is 23.3 Å². The third-order valence-electron chi connectivity index (χ3n) is 4.76. The van der Waals surface area contributed by atoms with E-state index >= 15 is 0 Å². The van der Waals surface area contributed by atoms with Crippen LogP contribution in [0.1, 0.15) is 52.6 Å². The van der Waals surface area contributed by atoms with Gasteiger partial charge < -0.3 is 9.47 Å². The second-order valence-corrected chi connectivity index (χ2v) is 6.68. The van der Waals surface area contributed by atoms with Gasteiger partial charge in [0, 0.05) is 12.0 Å². The van der Waals surface area contributed by atoms with Crippen molar-refractivity contribution in [2.45, 2.75) is 32.0 Å². The molecule has 5 heteroatoms. The first kappa shape index (κ1) is 17.2. The van der Waals surface area contributed by atoms with Crippen molar-refractivity contribution in [1.82, 2.24) is 0 Å². The standard InChI is InChI=1S/C22H18O5/c23-17-5-3-4-16(13-17)15-10-8-14(9-11-15)12-20(24)26-22-19-7-2-1-6-18(19)21(25)27-22/h1-2,6-11,13,22H,3-5,12H2. The second-order valence-electron chi connectivity index (χ2n) is 6.68. The van der Waals surface area contributed by atoms with Crippen LogP contribution in [-0.2, 0) is 25.5 Å². The first-order chi connectivity index (χ1) is 13.1. The number of rotatable bonds is 4. The molecule has 2 aliphatic rings. The monoisotopic (exact) mass is 362 g/mol. The Hall–Kier alpha value is -3.21. The normalized spacial score (nSPS) is 18.5. The molecule has 1 heterocycles. The van der Waals surface area contributed by atoms with Crippen LogP contribution in [0.5, 0.6) is 0 Å². The summed E-state index contributed by atoms with van der Waals surface area (Å²) in [4.78, 5) is 35.6. The Balaban J connectivity index is 1.40. The number of carbonyl (C=O) groups is 3. The molecule has 27 heavy (non-hydrogen) atoms. The van der Waals surface area contributed by atoms with Crippen molar-refractivity contribution in [3.05, 3.63) is 76.9 Å². The van der Waals surface area contributed by atoms with Crippen LogP contribution in [0.4, 0.5) is 0 Å². The third-order valence-corrected chi connectivity index (χ3v) is 4.76. The van der Waals surface area contributed by atoms with Gasteiger partial charge in [-0.05, 0) is 41.7 Å². The van der Waals surface area contributed by atoms with E-state index in [1.54, 1.807) is 30.3 Å². The Morgan fingerprint density at radius 3 is 2.59 bits per heavy atom. The van der Waals surface area contributed by atoms with E-state index in [9.17, 15) is 14.4 Å². The van der Waals surface area contributed by atoms with Gasteiger partial charge in [0.15, 0.2) is 5.78 Å². The van der Waals surface area contributed by atoms with Gasteiger partial charge in [0.25, 0.3) is 6.29 Å². The van der Waals surface area contributed by atoms with Crippen LogP contribution in [0.2, 0.25) is 0 Å². The average Bonchev–Trinajstić information content (AvgIpc) is 2.98. The molecule has 0 saturated heterocycles. The largest absolute Gasteiger partial charge is 0.420 e. The minimum Gasteiger partial charge on any atom is -0.420 e. The number of allylic oxidation sites excluding steroid dienone is 2. The molecule has 5 nitrogen and oxygen atoms in total. The van der Waals surface area contributed by atoms with Gasteiger partial charge in [-0.15, -0.1) is 0 Å². The summed E-state index contributed by atoms with van der Waals surface area (Å²) in [7, 11) is 0. The Kier molecular flexibility index (Phi) is 4.59. The van der Waals surface area contributed by atoms with Gasteiger partial charge in [0.1, 0.15) is 0 Å². The van der Waals surface area contributed by atoms with E-state index in [0.717, 1.165) is 29.5 Å². The molecule has 1 aliphatic carbocycles. The van der Waals surface area contributed by atoms with E-state index < -0.39 is 18.2 Å². The summed E-state index contributed by atoms with van der Waals surface area (Å²) in [5.74, 6) is -0.789. The molecule has 1 aliphatic heterocycles. The van der Waals surface area contributed by atoms with E-state index in [2.05, 4.69) is 0 Å². The Bertz CT molecular complexity index is 939. The number of fused-ring (bicyclic) bond motifs is 1. The van der Waals surface area contributed by atoms with Crippen LogP contribution in [0.25, 0.3) is 5.57 Å². The first-order valence-electron chi connectivity index (χ1n) is 8.92. The van der Waals surface area contributed by atoms with E-state index in [1.165, 1.54) is 0 Å². The van der Waals surface area contributed by atoms with Gasteiger partial charge in [0.2, 0.25) is 0 Å². The van der Waals surface area contributed by atoms with Gasteiger partial charge in [-0.25, -0.2) is 4.79 Å². The molecule has 2 aromatic carbocycles. The summed E-state index contributed by atoms with van der Waals surface area (Å²) in [5.41, 5.74) is 3.83. The number of benzene rings is 2. The molecule has 0 spiro atoms. The maximum atomic E-state index is 12.2. The lowest BCUT2D eigenvalue weighted by Gasteiger charge is -2.13. The van der Waals surface area contributed by atoms with Crippen LogP contribution < -0.4 is 0 Å². The zero-order valence-corrected chi connectivity index (χ0v) is 14.6. The van der Waals surface area contributed by atoms with Gasteiger partial charge in [-0.3, -0.25) is 9.59 Å². The van der Waals surface area contributed by atoms with Gasteiger partial charge in [-0.1, -0.05) is 42.5 Å². The lowest BCUT2D eigenvalue weighted by Crippen LogP contribution is -2.13. The highest BCUT2D eigenvalue weighted by atomic mass is 16.7.